The van der Waals surface area contributed by atoms with Crippen LogP contribution in [0.4, 0.5) is 5.69 Å². The third-order valence-corrected chi connectivity index (χ3v) is 6.68. The minimum absolute atomic E-state index is 0.162. The number of amides is 1. The maximum absolute atomic E-state index is 12.4. The van der Waals surface area contributed by atoms with E-state index in [4.69, 9.17) is 0 Å². The lowest BCUT2D eigenvalue weighted by Gasteiger charge is -2.20. The molecule has 1 heterocycles. The smallest absolute Gasteiger partial charge is 0.326 e. The Morgan fingerprint density at radius 3 is 2.54 bits per heavy atom. The van der Waals surface area contributed by atoms with Crippen molar-refractivity contribution in [2.75, 3.05) is 4.72 Å². The first kappa shape index (κ1) is 19.9. The second-order valence-corrected chi connectivity index (χ2v) is 8.65. The number of carbonyl (C=O) groups excluding carboxylic acids is 1. The van der Waals surface area contributed by atoms with Crippen molar-refractivity contribution in [1.82, 2.24) is 5.32 Å². The van der Waals surface area contributed by atoms with Crippen LogP contribution in [-0.4, -0.2) is 31.4 Å². The Balaban J connectivity index is 2.18. The maximum atomic E-state index is 12.4. The summed E-state index contributed by atoms with van der Waals surface area (Å²) in [6.07, 6.45) is 0.595. The van der Waals surface area contributed by atoms with Crippen LogP contribution in [0.5, 0.6) is 0 Å². The van der Waals surface area contributed by atoms with E-state index in [1.54, 1.807) is 18.4 Å². The highest BCUT2D eigenvalue weighted by Gasteiger charge is 2.26. The quantitative estimate of drug-likeness (QED) is 0.635. The Hall–Kier alpha value is -2.39. The molecule has 0 fully saturated rings. The molecule has 2 rings (SSSR count). The number of rotatable bonds is 8. The standard InChI is InChI=1S/C17H20N2O5S2/c1-3-11(2)15(17(21)22)18-16(20)12-6-4-7-13(10-12)19-26(23,24)14-8-5-9-25-14/h4-11,15,19H,3H2,1-2H3,(H,18,20)(H,21,22). The van der Waals surface area contributed by atoms with Gasteiger partial charge in [0.2, 0.25) is 0 Å². The van der Waals surface area contributed by atoms with E-state index in [1.807, 2.05) is 6.92 Å². The fraction of sp³-hybridized carbons (Fsp3) is 0.294. The van der Waals surface area contributed by atoms with Gasteiger partial charge in [0.05, 0.1) is 0 Å². The van der Waals surface area contributed by atoms with Gasteiger partial charge in [-0.1, -0.05) is 32.4 Å². The zero-order chi connectivity index (χ0) is 19.3. The summed E-state index contributed by atoms with van der Waals surface area (Å²) in [7, 11) is -3.72. The lowest BCUT2D eigenvalue weighted by Crippen LogP contribution is -2.45. The van der Waals surface area contributed by atoms with Gasteiger partial charge in [-0.05, 0) is 35.6 Å². The van der Waals surface area contributed by atoms with E-state index >= 15 is 0 Å². The average molecular weight is 396 g/mol. The summed E-state index contributed by atoms with van der Waals surface area (Å²) in [6.45, 7) is 3.58. The van der Waals surface area contributed by atoms with Crippen molar-refractivity contribution in [1.29, 1.82) is 0 Å². The van der Waals surface area contributed by atoms with Gasteiger partial charge in [-0.15, -0.1) is 11.3 Å². The number of carboxylic acids is 1. The summed E-state index contributed by atoms with van der Waals surface area (Å²) in [5, 5.41) is 13.4. The minimum Gasteiger partial charge on any atom is -0.480 e. The highest BCUT2D eigenvalue weighted by molar-refractivity contribution is 7.94. The Labute approximate surface area is 156 Å². The van der Waals surface area contributed by atoms with Gasteiger partial charge < -0.3 is 10.4 Å². The number of nitrogens with one attached hydrogen (secondary N) is 2. The molecule has 2 aromatic rings. The van der Waals surface area contributed by atoms with Gasteiger partial charge in [0.15, 0.2) is 0 Å². The SMILES string of the molecule is CCC(C)C(NC(=O)c1cccc(NS(=O)(=O)c2cccs2)c1)C(=O)O. The molecule has 7 nitrogen and oxygen atoms in total. The molecule has 1 aromatic carbocycles. The molecule has 2 unspecified atom stereocenters. The number of carbonyl (C=O) groups is 2. The van der Waals surface area contributed by atoms with Crippen LogP contribution < -0.4 is 10.0 Å². The Bertz CT molecular complexity index is 878. The average Bonchev–Trinajstić information content (AvgIpc) is 3.14. The van der Waals surface area contributed by atoms with Crippen molar-refractivity contribution in [3.8, 4) is 0 Å². The molecule has 140 valence electrons. The molecular weight excluding hydrogens is 376 g/mol. The molecule has 26 heavy (non-hydrogen) atoms. The van der Waals surface area contributed by atoms with Crippen LogP contribution in [0.2, 0.25) is 0 Å². The molecule has 2 atom stereocenters. The van der Waals surface area contributed by atoms with Crippen molar-refractivity contribution in [2.45, 2.75) is 30.5 Å². The first-order valence-corrected chi connectivity index (χ1v) is 10.3. The van der Waals surface area contributed by atoms with Gasteiger partial charge in [0.1, 0.15) is 10.3 Å². The van der Waals surface area contributed by atoms with Crippen molar-refractivity contribution in [3.05, 3.63) is 47.3 Å². The van der Waals surface area contributed by atoms with E-state index in [0.29, 0.717) is 6.42 Å². The summed E-state index contributed by atoms with van der Waals surface area (Å²) in [6, 6.07) is 8.01. The summed E-state index contributed by atoms with van der Waals surface area (Å²) >= 11 is 1.08. The maximum Gasteiger partial charge on any atom is 0.326 e. The fourth-order valence-electron chi connectivity index (χ4n) is 2.25. The van der Waals surface area contributed by atoms with Gasteiger partial charge in [0, 0.05) is 11.3 Å². The van der Waals surface area contributed by atoms with Crippen LogP contribution in [-0.2, 0) is 14.8 Å². The van der Waals surface area contributed by atoms with Gasteiger partial charge in [-0.3, -0.25) is 9.52 Å². The predicted octanol–water partition coefficient (Wildman–Crippen LogP) is 2.78. The highest BCUT2D eigenvalue weighted by atomic mass is 32.2. The normalized spacial score (nSPS) is 13.6. The van der Waals surface area contributed by atoms with E-state index in [1.165, 1.54) is 30.3 Å². The van der Waals surface area contributed by atoms with E-state index < -0.39 is 27.9 Å². The molecule has 0 saturated heterocycles. The van der Waals surface area contributed by atoms with Gasteiger partial charge in [0.25, 0.3) is 15.9 Å². The van der Waals surface area contributed by atoms with Crippen LogP contribution in [0.25, 0.3) is 0 Å². The molecule has 9 heteroatoms. The van der Waals surface area contributed by atoms with Crippen LogP contribution in [0.1, 0.15) is 30.6 Å². The number of sulfonamides is 1. The topological polar surface area (TPSA) is 113 Å². The largest absolute Gasteiger partial charge is 0.480 e. The Kier molecular flexibility index (Phi) is 6.38. The second-order valence-electron chi connectivity index (χ2n) is 5.79. The molecule has 1 aromatic heterocycles. The van der Waals surface area contributed by atoms with Crippen molar-refractivity contribution >= 4 is 38.9 Å². The zero-order valence-corrected chi connectivity index (χ0v) is 15.9. The molecular formula is C17H20N2O5S2. The molecule has 0 aliphatic heterocycles. The van der Waals surface area contributed by atoms with Crippen LogP contribution >= 0.6 is 11.3 Å². The van der Waals surface area contributed by atoms with E-state index in [0.717, 1.165) is 11.3 Å². The van der Waals surface area contributed by atoms with Gasteiger partial charge in [-0.2, -0.15) is 0 Å². The third-order valence-electron chi connectivity index (χ3n) is 3.90. The third kappa shape index (κ3) is 4.83. The van der Waals surface area contributed by atoms with Crippen molar-refractivity contribution < 1.29 is 23.1 Å². The number of thiophene rings is 1. The van der Waals surface area contributed by atoms with Gasteiger partial charge >= 0.3 is 5.97 Å². The number of hydrogen-bond acceptors (Lipinski definition) is 5. The number of hydrogen-bond donors (Lipinski definition) is 3. The molecule has 0 spiro atoms. The predicted molar refractivity (Wildman–Crippen MR) is 99.9 cm³/mol. The molecule has 3 N–H and O–H groups in total. The van der Waals surface area contributed by atoms with E-state index in [9.17, 15) is 23.1 Å². The summed E-state index contributed by atoms with van der Waals surface area (Å²) in [4.78, 5) is 23.7. The summed E-state index contributed by atoms with van der Waals surface area (Å²) < 4.78 is 27.1. The molecule has 0 saturated carbocycles. The lowest BCUT2D eigenvalue weighted by atomic mass is 9.99. The highest BCUT2D eigenvalue weighted by Crippen LogP contribution is 2.21. The first-order valence-electron chi connectivity index (χ1n) is 7.94. The number of aliphatic carboxylic acids is 1. The summed E-state index contributed by atoms with van der Waals surface area (Å²) in [5.41, 5.74) is 0.396. The number of benzene rings is 1. The van der Waals surface area contributed by atoms with Gasteiger partial charge in [-0.25, -0.2) is 13.2 Å². The number of anilines is 1. The minimum atomic E-state index is -3.72. The molecule has 0 aliphatic rings. The van der Waals surface area contributed by atoms with Crippen LogP contribution in [0, 0.1) is 5.92 Å². The van der Waals surface area contributed by atoms with E-state index in [2.05, 4.69) is 10.0 Å². The molecule has 1 amide bonds. The monoisotopic (exact) mass is 396 g/mol. The Morgan fingerprint density at radius 1 is 1.23 bits per heavy atom. The second kappa shape index (κ2) is 8.33. The molecule has 0 aliphatic carbocycles. The van der Waals surface area contributed by atoms with Crippen LogP contribution in [0.3, 0.4) is 0 Å². The number of carboxylic acid groups (broad SMARTS) is 1. The lowest BCUT2D eigenvalue weighted by molar-refractivity contribution is -0.140. The zero-order valence-electron chi connectivity index (χ0n) is 14.3. The van der Waals surface area contributed by atoms with E-state index in [-0.39, 0.29) is 21.4 Å². The fourth-order valence-corrected chi connectivity index (χ4v) is 4.30. The van der Waals surface area contributed by atoms with Crippen LogP contribution in [0.15, 0.2) is 46.0 Å². The summed E-state index contributed by atoms with van der Waals surface area (Å²) in [5.74, 6) is -1.92. The molecule has 0 bridgehead atoms. The molecule has 0 radical (unpaired) electrons. The first-order chi connectivity index (χ1) is 12.2. The van der Waals surface area contributed by atoms with Crippen molar-refractivity contribution in [2.24, 2.45) is 5.92 Å². The van der Waals surface area contributed by atoms with Crippen molar-refractivity contribution in [3.63, 3.8) is 0 Å². The Morgan fingerprint density at radius 2 is 1.96 bits per heavy atom.